The quantitative estimate of drug-likeness (QED) is 0.219. The second-order valence-electron chi connectivity index (χ2n) is 10.3. The maximum atomic E-state index is 10.6. The van der Waals surface area contributed by atoms with E-state index in [0.29, 0.717) is 11.1 Å². The summed E-state index contributed by atoms with van der Waals surface area (Å²) in [6.07, 6.45) is 0. The lowest BCUT2D eigenvalue weighted by Crippen LogP contribution is -1.94. The highest BCUT2D eigenvalue weighted by Crippen LogP contribution is 2.42. The van der Waals surface area contributed by atoms with Crippen LogP contribution in [0.3, 0.4) is 0 Å². The fourth-order valence-electron chi connectivity index (χ4n) is 5.99. The van der Waals surface area contributed by atoms with Crippen molar-refractivity contribution in [3.63, 3.8) is 0 Å². The van der Waals surface area contributed by atoms with Crippen molar-refractivity contribution >= 4 is 53.4 Å². The van der Waals surface area contributed by atoms with Crippen molar-refractivity contribution in [3.05, 3.63) is 132 Å². The summed E-state index contributed by atoms with van der Waals surface area (Å²) in [7, 11) is 0. The van der Waals surface area contributed by atoms with E-state index < -0.39 is 0 Å². The number of nitrogens with zero attached hydrogens (tertiary/aromatic N) is 2. The molecule has 0 bridgehead atoms. The first-order chi connectivity index (χ1) is 20.7. The number of rotatable bonds is 3. The summed E-state index contributed by atoms with van der Waals surface area (Å²) in [5, 5.41) is 25.1. The number of fused-ring (bicyclic) bond motifs is 6. The van der Waals surface area contributed by atoms with Crippen LogP contribution < -0.4 is 0 Å². The Labute approximate surface area is 245 Å². The number of benzene rings is 6. The van der Waals surface area contributed by atoms with Gasteiger partial charge in [0.05, 0.1) is 17.2 Å². The van der Waals surface area contributed by atoms with E-state index in [1.807, 2.05) is 60.7 Å². The molecule has 0 aliphatic heterocycles. The van der Waals surface area contributed by atoms with Crippen molar-refractivity contribution in [2.24, 2.45) is 0 Å². The molecule has 194 valence electrons. The van der Waals surface area contributed by atoms with Crippen LogP contribution >= 0.6 is 11.3 Å². The fraction of sp³-hybridized carbons (Fsp3) is 0. The highest BCUT2D eigenvalue weighted by molar-refractivity contribution is 7.25. The van der Waals surface area contributed by atoms with E-state index in [0.717, 1.165) is 55.3 Å². The lowest BCUT2D eigenvalue weighted by atomic mass is 9.87. The van der Waals surface area contributed by atoms with Gasteiger partial charge in [0.2, 0.25) is 0 Å². The van der Waals surface area contributed by atoms with Gasteiger partial charge in [-0.1, -0.05) is 72.8 Å². The van der Waals surface area contributed by atoms with Gasteiger partial charge in [-0.15, -0.1) is 11.3 Å². The molecule has 0 radical (unpaired) electrons. The predicted octanol–water partition coefficient (Wildman–Crippen LogP) is 10.7. The summed E-state index contributed by atoms with van der Waals surface area (Å²) in [5.74, 6) is 0. The lowest BCUT2D eigenvalue weighted by Gasteiger charge is -2.15. The molecule has 0 N–H and O–H groups in total. The predicted molar refractivity (Wildman–Crippen MR) is 172 cm³/mol. The van der Waals surface area contributed by atoms with E-state index in [1.165, 1.54) is 20.2 Å². The van der Waals surface area contributed by atoms with Crippen molar-refractivity contribution in [2.75, 3.05) is 0 Å². The zero-order chi connectivity index (χ0) is 28.2. The topological polar surface area (TPSA) is 60.7 Å². The van der Waals surface area contributed by atoms with Gasteiger partial charge >= 0.3 is 0 Å². The zero-order valence-electron chi connectivity index (χ0n) is 22.3. The van der Waals surface area contributed by atoms with Crippen LogP contribution in [0.15, 0.2) is 126 Å². The molecule has 6 aromatic carbocycles. The average molecular weight is 553 g/mol. The Bertz CT molecular complexity index is 2450. The van der Waals surface area contributed by atoms with Crippen molar-refractivity contribution in [2.45, 2.75) is 0 Å². The Balaban J connectivity index is 1.42. The first-order valence-electron chi connectivity index (χ1n) is 13.6. The summed E-state index contributed by atoms with van der Waals surface area (Å²) in [4.78, 5) is 0. The minimum Gasteiger partial charge on any atom is -0.456 e. The Hall–Kier alpha value is -5.68. The standard InChI is InChI=1S/C38H20N2OS/c39-21-25-7-1-2-8-27(25)26-18-31(23-14-16-36-33(17-23)28-9-3-5-11-35(28)41-36)34(22-40)32(19-26)24-13-15-30-29-10-4-6-12-37(29)42-38(30)20-24/h1-20H. The molecule has 0 atom stereocenters. The van der Waals surface area contributed by atoms with Crippen LogP contribution in [0.1, 0.15) is 11.1 Å². The third-order valence-electron chi connectivity index (χ3n) is 7.99. The highest BCUT2D eigenvalue weighted by Gasteiger charge is 2.19. The Morgan fingerprint density at radius 2 is 1.14 bits per heavy atom. The average Bonchev–Trinajstić information content (AvgIpc) is 3.61. The third-order valence-corrected chi connectivity index (χ3v) is 9.12. The molecule has 42 heavy (non-hydrogen) atoms. The molecule has 0 aliphatic rings. The van der Waals surface area contributed by atoms with E-state index in [4.69, 9.17) is 4.42 Å². The molecule has 0 amide bonds. The van der Waals surface area contributed by atoms with Crippen LogP contribution in [-0.2, 0) is 0 Å². The van der Waals surface area contributed by atoms with Crippen LogP contribution in [0.5, 0.6) is 0 Å². The van der Waals surface area contributed by atoms with E-state index >= 15 is 0 Å². The van der Waals surface area contributed by atoms with Crippen molar-refractivity contribution in [3.8, 4) is 45.5 Å². The molecule has 0 unspecified atom stereocenters. The molecule has 4 heteroatoms. The van der Waals surface area contributed by atoms with Crippen molar-refractivity contribution in [1.82, 2.24) is 0 Å². The number of furan rings is 1. The summed E-state index contributed by atoms with van der Waals surface area (Å²) >= 11 is 1.76. The molecule has 8 aromatic rings. The van der Waals surface area contributed by atoms with Crippen LogP contribution in [0.4, 0.5) is 0 Å². The molecule has 8 rings (SSSR count). The number of para-hydroxylation sites is 1. The number of hydrogen-bond donors (Lipinski definition) is 0. The van der Waals surface area contributed by atoms with E-state index in [-0.39, 0.29) is 0 Å². The third kappa shape index (κ3) is 3.71. The summed E-state index contributed by atoms with van der Waals surface area (Å²) in [6.45, 7) is 0. The van der Waals surface area contributed by atoms with Gasteiger partial charge < -0.3 is 4.42 Å². The minimum absolute atomic E-state index is 0.593. The first kappa shape index (κ1) is 24.1. The van der Waals surface area contributed by atoms with Gasteiger partial charge in [0, 0.05) is 42.1 Å². The number of thiophene rings is 1. The van der Waals surface area contributed by atoms with Crippen LogP contribution in [0.25, 0.3) is 75.5 Å². The summed E-state index contributed by atoms with van der Waals surface area (Å²) in [5.41, 5.74) is 8.12. The zero-order valence-corrected chi connectivity index (χ0v) is 23.1. The van der Waals surface area contributed by atoms with Crippen molar-refractivity contribution in [1.29, 1.82) is 10.5 Å². The maximum Gasteiger partial charge on any atom is 0.135 e. The molecule has 0 spiro atoms. The number of nitriles is 2. The fourth-order valence-corrected chi connectivity index (χ4v) is 7.14. The Morgan fingerprint density at radius 3 is 1.98 bits per heavy atom. The van der Waals surface area contributed by atoms with Gasteiger partial charge in [-0.05, 0) is 70.8 Å². The van der Waals surface area contributed by atoms with E-state index in [2.05, 4.69) is 72.8 Å². The molecular weight excluding hydrogens is 532 g/mol. The molecule has 0 fully saturated rings. The lowest BCUT2D eigenvalue weighted by molar-refractivity contribution is 0.669. The molecule has 3 nitrogen and oxygen atoms in total. The monoisotopic (exact) mass is 552 g/mol. The van der Waals surface area contributed by atoms with Gasteiger partial charge in [-0.3, -0.25) is 0 Å². The molecule has 0 saturated heterocycles. The van der Waals surface area contributed by atoms with Gasteiger partial charge in [0.15, 0.2) is 0 Å². The van der Waals surface area contributed by atoms with Gasteiger partial charge in [0.25, 0.3) is 0 Å². The van der Waals surface area contributed by atoms with Gasteiger partial charge in [0.1, 0.15) is 17.2 Å². The first-order valence-corrected chi connectivity index (χ1v) is 14.4. The largest absolute Gasteiger partial charge is 0.456 e. The Morgan fingerprint density at radius 1 is 0.476 bits per heavy atom. The second kappa shape index (κ2) is 9.46. The normalized spacial score (nSPS) is 11.3. The van der Waals surface area contributed by atoms with Crippen LogP contribution in [0.2, 0.25) is 0 Å². The molecular formula is C38H20N2OS. The number of hydrogen-bond acceptors (Lipinski definition) is 4. The van der Waals surface area contributed by atoms with E-state index in [1.54, 1.807) is 11.3 Å². The highest BCUT2D eigenvalue weighted by atomic mass is 32.1. The maximum absolute atomic E-state index is 10.6. The summed E-state index contributed by atoms with van der Waals surface area (Å²) < 4.78 is 8.50. The molecule has 2 heterocycles. The molecule has 0 aliphatic carbocycles. The molecule has 2 aromatic heterocycles. The minimum atomic E-state index is 0.593. The Kier molecular flexibility index (Phi) is 5.44. The molecule has 0 saturated carbocycles. The SMILES string of the molecule is N#Cc1ccccc1-c1cc(-c2ccc3c(c2)sc2ccccc23)c(C#N)c(-c2ccc3oc4ccccc4c3c2)c1. The van der Waals surface area contributed by atoms with Gasteiger partial charge in [-0.2, -0.15) is 10.5 Å². The van der Waals surface area contributed by atoms with Crippen LogP contribution in [0, 0.1) is 22.7 Å². The van der Waals surface area contributed by atoms with Gasteiger partial charge in [-0.25, -0.2) is 0 Å². The van der Waals surface area contributed by atoms with Crippen molar-refractivity contribution < 1.29 is 4.42 Å². The smallest absolute Gasteiger partial charge is 0.135 e. The second-order valence-corrected chi connectivity index (χ2v) is 11.4. The van der Waals surface area contributed by atoms with E-state index in [9.17, 15) is 10.5 Å². The van der Waals surface area contributed by atoms with Crippen LogP contribution in [-0.4, -0.2) is 0 Å². The summed E-state index contributed by atoms with van der Waals surface area (Å²) in [6, 6.07) is 45.6.